The Morgan fingerprint density at radius 2 is 0.556 bits per heavy atom. The van der Waals surface area contributed by atoms with Gasteiger partial charge in [0.15, 0.2) is 12.2 Å². The molecule has 19 heteroatoms. The molecule has 0 spiro atoms. The van der Waals surface area contributed by atoms with E-state index in [1.54, 1.807) is 0 Å². The number of carbonyl (C=O) groups excluding carboxylic acids is 4. The maximum atomic E-state index is 12.8. The minimum Gasteiger partial charge on any atom is -0.462 e. The number of carbonyl (C=O) groups is 4. The zero-order valence-corrected chi connectivity index (χ0v) is 47.2. The fraction of sp³-hybridized carbons (Fsp3) is 0.925. The number of ether oxygens (including phenoxy) is 4. The molecule has 426 valence electrons. The summed E-state index contributed by atoms with van der Waals surface area (Å²) in [5.41, 5.74) is 0. The number of phosphoric ester groups is 2. The van der Waals surface area contributed by atoms with E-state index in [0.29, 0.717) is 25.7 Å². The summed E-state index contributed by atoms with van der Waals surface area (Å²) in [7, 11) is -9.84. The van der Waals surface area contributed by atoms with Crippen LogP contribution in [0.4, 0.5) is 0 Å². The Morgan fingerprint density at radius 1 is 0.333 bits per heavy atom. The summed E-state index contributed by atoms with van der Waals surface area (Å²) in [5.74, 6) is -2.18. The highest BCUT2D eigenvalue weighted by Crippen LogP contribution is 2.45. The second-order valence-electron chi connectivity index (χ2n) is 19.3. The molecule has 0 fully saturated rings. The van der Waals surface area contributed by atoms with E-state index in [1.165, 1.54) is 70.6 Å². The van der Waals surface area contributed by atoms with Gasteiger partial charge in [0.2, 0.25) is 0 Å². The van der Waals surface area contributed by atoms with Crippen LogP contribution in [0.15, 0.2) is 0 Å². The number of aliphatic hydroxyl groups excluding tert-OH is 1. The molecule has 0 aromatic heterocycles. The van der Waals surface area contributed by atoms with Crippen molar-refractivity contribution in [3.05, 3.63) is 0 Å². The third-order valence-corrected chi connectivity index (χ3v) is 14.0. The van der Waals surface area contributed by atoms with Gasteiger partial charge in [-0.2, -0.15) is 0 Å². The summed E-state index contributed by atoms with van der Waals surface area (Å²) in [6.07, 6.45) is 30.2. The monoisotopic (exact) mass is 1070 g/mol. The van der Waals surface area contributed by atoms with Crippen LogP contribution in [0.2, 0.25) is 0 Å². The van der Waals surface area contributed by atoms with Crippen LogP contribution in [0, 0.1) is 0 Å². The van der Waals surface area contributed by atoms with E-state index in [9.17, 15) is 43.2 Å². The standard InChI is InChI=1S/C53H102O17P2/c1-5-9-13-17-19-20-21-22-23-24-25-26-28-32-36-40-53(58)70-49(44-64-51(56)38-34-31-27-18-14-10-6-2)46-68-72(61,62)66-42-47(54)41-65-71(59,60)67-45-48(69-52(57)39-35-30-16-12-8-4)43-63-50(55)37-33-29-15-11-7-3/h47-49,54H,5-46H2,1-4H3,(H,59,60)(H,61,62)/t47-,48+,49+/m0/s1. The summed E-state index contributed by atoms with van der Waals surface area (Å²) >= 11 is 0. The molecule has 3 N–H and O–H groups in total. The normalized spacial score (nSPS) is 14.5. The first-order valence-corrected chi connectivity index (χ1v) is 31.3. The molecule has 5 atom stereocenters. The van der Waals surface area contributed by atoms with E-state index in [1.807, 2.05) is 0 Å². The highest BCUT2D eigenvalue weighted by atomic mass is 31.2. The Bertz CT molecular complexity index is 1420. The lowest BCUT2D eigenvalue weighted by Gasteiger charge is -2.21. The van der Waals surface area contributed by atoms with Gasteiger partial charge in [0, 0.05) is 25.7 Å². The first kappa shape index (κ1) is 70.1. The molecule has 0 rings (SSSR count). The second-order valence-corrected chi connectivity index (χ2v) is 22.2. The van der Waals surface area contributed by atoms with Crippen molar-refractivity contribution >= 4 is 39.5 Å². The van der Waals surface area contributed by atoms with Gasteiger partial charge in [-0.05, 0) is 25.7 Å². The number of aliphatic hydroxyl groups is 1. The van der Waals surface area contributed by atoms with Gasteiger partial charge in [0.05, 0.1) is 26.4 Å². The fourth-order valence-corrected chi connectivity index (χ4v) is 9.27. The van der Waals surface area contributed by atoms with Gasteiger partial charge in [-0.1, -0.05) is 207 Å². The average Bonchev–Trinajstić information content (AvgIpc) is 3.35. The molecule has 72 heavy (non-hydrogen) atoms. The third kappa shape index (κ3) is 47.8. The predicted octanol–water partition coefficient (Wildman–Crippen LogP) is 13.6. The number of rotatable bonds is 54. The van der Waals surface area contributed by atoms with E-state index in [-0.39, 0.29) is 25.7 Å². The molecule has 2 unspecified atom stereocenters. The fourth-order valence-electron chi connectivity index (χ4n) is 7.69. The molecular weight excluding hydrogens is 971 g/mol. The van der Waals surface area contributed by atoms with Crippen LogP contribution in [0.25, 0.3) is 0 Å². The van der Waals surface area contributed by atoms with E-state index >= 15 is 0 Å². The molecule has 0 aromatic rings. The molecule has 0 saturated carbocycles. The topological polar surface area (TPSA) is 237 Å². The molecule has 0 aliphatic rings. The molecule has 0 amide bonds. The predicted molar refractivity (Wildman–Crippen MR) is 280 cm³/mol. The Hall–Kier alpha value is -1.94. The number of hydrogen-bond acceptors (Lipinski definition) is 15. The molecule has 17 nitrogen and oxygen atoms in total. The molecule has 0 aliphatic heterocycles. The lowest BCUT2D eigenvalue weighted by atomic mass is 10.0. The van der Waals surface area contributed by atoms with E-state index in [4.69, 9.17) is 37.0 Å². The van der Waals surface area contributed by atoms with Gasteiger partial charge in [0.25, 0.3) is 0 Å². The highest BCUT2D eigenvalue weighted by Gasteiger charge is 2.30. The molecule has 0 saturated heterocycles. The van der Waals surface area contributed by atoms with Crippen LogP contribution >= 0.6 is 15.6 Å². The summed E-state index contributed by atoms with van der Waals surface area (Å²) < 4.78 is 67.0. The van der Waals surface area contributed by atoms with Crippen LogP contribution in [0.3, 0.4) is 0 Å². The molecule has 0 aromatic carbocycles. The summed E-state index contributed by atoms with van der Waals surface area (Å²) in [4.78, 5) is 71.0. The third-order valence-electron chi connectivity index (χ3n) is 12.1. The average molecular weight is 1070 g/mol. The Labute approximate surface area is 435 Å². The quantitative estimate of drug-likeness (QED) is 0.0222. The van der Waals surface area contributed by atoms with Crippen molar-refractivity contribution in [1.29, 1.82) is 0 Å². The Kier molecular flexibility index (Phi) is 47.4. The Balaban J connectivity index is 5.08. The molecule has 0 heterocycles. The Morgan fingerprint density at radius 3 is 0.819 bits per heavy atom. The highest BCUT2D eigenvalue weighted by molar-refractivity contribution is 7.47. The van der Waals surface area contributed by atoms with E-state index in [2.05, 4.69) is 27.7 Å². The minimum atomic E-state index is -4.93. The van der Waals surface area contributed by atoms with Gasteiger partial charge in [-0.3, -0.25) is 37.3 Å². The summed E-state index contributed by atoms with van der Waals surface area (Å²) in [6, 6.07) is 0. The van der Waals surface area contributed by atoms with Gasteiger partial charge in [-0.25, -0.2) is 9.13 Å². The van der Waals surface area contributed by atoms with Crippen molar-refractivity contribution in [2.24, 2.45) is 0 Å². The van der Waals surface area contributed by atoms with Crippen LogP contribution in [-0.4, -0.2) is 96.7 Å². The maximum absolute atomic E-state index is 12.8. The van der Waals surface area contributed by atoms with Crippen molar-refractivity contribution < 1.29 is 80.2 Å². The van der Waals surface area contributed by atoms with E-state index < -0.39 is 97.5 Å². The first-order valence-electron chi connectivity index (χ1n) is 28.3. The lowest BCUT2D eigenvalue weighted by Crippen LogP contribution is -2.30. The zero-order valence-electron chi connectivity index (χ0n) is 45.4. The van der Waals surface area contributed by atoms with Crippen molar-refractivity contribution in [3.8, 4) is 0 Å². The van der Waals surface area contributed by atoms with Gasteiger partial charge >= 0.3 is 39.5 Å². The first-order chi connectivity index (χ1) is 34.7. The number of phosphoric acid groups is 2. The number of unbranched alkanes of at least 4 members (excludes halogenated alkanes) is 28. The molecule has 0 aliphatic carbocycles. The number of hydrogen-bond donors (Lipinski definition) is 3. The molecular formula is C53H102O17P2. The zero-order chi connectivity index (χ0) is 53.4. The van der Waals surface area contributed by atoms with Crippen molar-refractivity contribution in [3.63, 3.8) is 0 Å². The van der Waals surface area contributed by atoms with E-state index in [0.717, 1.165) is 109 Å². The summed E-state index contributed by atoms with van der Waals surface area (Å²) in [5, 5.41) is 10.4. The maximum Gasteiger partial charge on any atom is 0.472 e. The van der Waals surface area contributed by atoms with Crippen LogP contribution in [0.5, 0.6) is 0 Å². The minimum absolute atomic E-state index is 0.0989. The molecule has 0 radical (unpaired) electrons. The van der Waals surface area contributed by atoms with Crippen LogP contribution in [0.1, 0.15) is 259 Å². The smallest absolute Gasteiger partial charge is 0.462 e. The largest absolute Gasteiger partial charge is 0.472 e. The SMILES string of the molecule is CCCCCCCCCCCCCCCCCC(=O)O[C@H](COC(=O)CCCCCCCCC)COP(=O)(O)OC[C@@H](O)COP(=O)(O)OC[C@@H](COC(=O)CCCCCCC)OC(=O)CCCCCCC. The van der Waals surface area contributed by atoms with Gasteiger partial charge < -0.3 is 33.8 Å². The lowest BCUT2D eigenvalue weighted by molar-refractivity contribution is -0.161. The van der Waals surface area contributed by atoms with Crippen LogP contribution < -0.4 is 0 Å². The van der Waals surface area contributed by atoms with Gasteiger partial charge in [0.1, 0.15) is 19.3 Å². The van der Waals surface area contributed by atoms with Crippen molar-refractivity contribution in [1.82, 2.24) is 0 Å². The van der Waals surface area contributed by atoms with Crippen LogP contribution in [-0.2, 0) is 65.4 Å². The second kappa shape index (κ2) is 48.7. The number of esters is 4. The van der Waals surface area contributed by atoms with Gasteiger partial charge in [-0.15, -0.1) is 0 Å². The van der Waals surface area contributed by atoms with Crippen molar-refractivity contribution in [2.75, 3.05) is 39.6 Å². The van der Waals surface area contributed by atoms with Crippen molar-refractivity contribution in [2.45, 2.75) is 277 Å². The molecule has 0 bridgehead atoms. The summed E-state index contributed by atoms with van der Waals surface area (Å²) in [6.45, 7) is 4.59.